The molecule has 38 heavy (non-hydrogen) atoms. The van der Waals surface area contributed by atoms with Crippen LogP contribution in [-0.4, -0.2) is 23.6 Å². The van der Waals surface area contributed by atoms with Crippen molar-refractivity contribution in [3.05, 3.63) is 120 Å². The van der Waals surface area contributed by atoms with E-state index in [1.54, 1.807) is 12.1 Å². The maximum atomic E-state index is 13.7. The standard InChI is InChI=1S/C32H29N3O3/c1-21(22-16-18-24(19-17-22)32(37)38-3)33-31(36)30-29(27-14-7-8-15-28(27)35(30)2)34-26-13-9-12-25(20-26)23-10-5-4-6-11-23/h4-21,34H,1-3H3,(H,33,36)/t21-/m0/s1. The minimum absolute atomic E-state index is 0.199. The van der Waals surface area contributed by atoms with E-state index in [0.29, 0.717) is 11.3 Å². The summed E-state index contributed by atoms with van der Waals surface area (Å²) in [7, 11) is 3.26. The van der Waals surface area contributed by atoms with Gasteiger partial charge in [0, 0.05) is 18.1 Å². The van der Waals surface area contributed by atoms with Crippen LogP contribution in [0.4, 0.5) is 11.4 Å². The van der Waals surface area contributed by atoms with Gasteiger partial charge in [0.15, 0.2) is 0 Å². The fourth-order valence-electron chi connectivity index (χ4n) is 4.71. The summed E-state index contributed by atoms with van der Waals surface area (Å²) in [6.07, 6.45) is 0. The molecule has 0 bridgehead atoms. The SMILES string of the molecule is COC(=O)c1ccc([C@H](C)NC(=O)c2c(Nc3cccc(-c4ccccc4)c3)c3ccccc3n2C)cc1. The molecule has 1 heterocycles. The van der Waals surface area contributed by atoms with Crippen LogP contribution < -0.4 is 10.6 Å². The zero-order valence-corrected chi connectivity index (χ0v) is 21.6. The molecule has 0 unspecified atom stereocenters. The van der Waals surface area contributed by atoms with Crippen molar-refractivity contribution >= 4 is 34.2 Å². The second-order valence-electron chi connectivity index (χ2n) is 9.18. The third-order valence-corrected chi connectivity index (χ3v) is 6.74. The molecule has 0 aliphatic rings. The van der Waals surface area contributed by atoms with E-state index >= 15 is 0 Å². The molecule has 4 aromatic carbocycles. The molecule has 6 heteroatoms. The van der Waals surface area contributed by atoms with Crippen molar-refractivity contribution in [1.29, 1.82) is 0 Å². The number of methoxy groups -OCH3 is 1. The third kappa shape index (κ3) is 4.89. The second-order valence-corrected chi connectivity index (χ2v) is 9.18. The predicted octanol–water partition coefficient (Wildman–Crippen LogP) is 6.87. The third-order valence-electron chi connectivity index (χ3n) is 6.74. The molecule has 2 N–H and O–H groups in total. The minimum atomic E-state index is -0.393. The van der Waals surface area contributed by atoms with Crippen LogP contribution >= 0.6 is 0 Å². The summed E-state index contributed by atoms with van der Waals surface area (Å²) in [4.78, 5) is 25.5. The number of ether oxygens (including phenoxy) is 1. The van der Waals surface area contributed by atoms with Crippen LogP contribution in [0.15, 0.2) is 103 Å². The molecule has 5 aromatic rings. The van der Waals surface area contributed by atoms with Gasteiger partial charge >= 0.3 is 5.97 Å². The molecular weight excluding hydrogens is 474 g/mol. The average molecular weight is 504 g/mol. The van der Waals surface area contributed by atoms with Crippen LogP contribution in [0.5, 0.6) is 0 Å². The molecule has 1 atom stereocenters. The minimum Gasteiger partial charge on any atom is -0.465 e. The first-order chi connectivity index (χ1) is 18.5. The van der Waals surface area contributed by atoms with Crippen molar-refractivity contribution in [2.24, 2.45) is 7.05 Å². The van der Waals surface area contributed by atoms with E-state index in [-0.39, 0.29) is 11.9 Å². The lowest BCUT2D eigenvalue weighted by molar-refractivity contribution is 0.0600. The van der Waals surface area contributed by atoms with Gasteiger partial charge in [-0.3, -0.25) is 4.79 Å². The number of carbonyl (C=O) groups is 2. The van der Waals surface area contributed by atoms with Crippen LogP contribution in [0.25, 0.3) is 22.0 Å². The molecule has 0 aliphatic heterocycles. The zero-order chi connectivity index (χ0) is 26.6. The van der Waals surface area contributed by atoms with E-state index in [9.17, 15) is 9.59 Å². The van der Waals surface area contributed by atoms with Crippen molar-refractivity contribution in [2.75, 3.05) is 12.4 Å². The lowest BCUT2D eigenvalue weighted by Crippen LogP contribution is -2.29. The smallest absolute Gasteiger partial charge is 0.337 e. The number of rotatable bonds is 7. The lowest BCUT2D eigenvalue weighted by atomic mass is 10.0. The quantitative estimate of drug-likeness (QED) is 0.238. The summed E-state index contributed by atoms with van der Waals surface area (Å²) in [5, 5.41) is 7.62. The number of amides is 1. The molecule has 0 spiro atoms. The first kappa shape index (κ1) is 24.8. The Kier molecular flexibility index (Phi) is 6.96. The molecule has 0 radical (unpaired) electrons. The summed E-state index contributed by atoms with van der Waals surface area (Å²) in [6.45, 7) is 1.92. The van der Waals surface area contributed by atoms with Gasteiger partial charge in [-0.25, -0.2) is 4.79 Å². The van der Waals surface area contributed by atoms with Gasteiger partial charge in [0.05, 0.1) is 29.9 Å². The topological polar surface area (TPSA) is 72.4 Å². The normalized spacial score (nSPS) is 11.7. The fraction of sp³-hybridized carbons (Fsp3) is 0.125. The van der Waals surface area contributed by atoms with Gasteiger partial charge in [0.25, 0.3) is 5.91 Å². The number of benzene rings is 4. The van der Waals surface area contributed by atoms with E-state index in [0.717, 1.165) is 39.0 Å². The Morgan fingerprint density at radius 3 is 2.24 bits per heavy atom. The van der Waals surface area contributed by atoms with E-state index in [1.165, 1.54) is 7.11 Å². The summed E-state index contributed by atoms with van der Waals surface area (Å²) in [5.41, 5.74) is 6.69. The highest BCUT2D eigenvalue weighted by molar-refractivity contribution is 6.10. The van der Waals surface area contributed by atoms with Gasteiger partial charge in [-0.2, -0.15) is 0 Å². The Bertz CT molecular complexity index is 1600. The molecule has 0 saturated heterocycles. The zero-order valence-electron chi connectivity index (χ0n) is 21.6. The van der Waals surface area contributed by atoms with E-state index in [1.807, 2.05) is 85.3 Å². The highest BCUT2D eigenvalue weighted by Crippen LogP contribution is 2.34. The Morgan fingerprint density at radius 2 is 1.50 bits per heavy atom. The molecule has 5 rings (SSSR count). The first-order valence-electron chi connectivity index (χ1n) is 12.5. The van der Waals surface area contributed by atoms with E-state index in [2.05, 4.69) is 34.9 Å². The first-order valence-corrected chi connectivity index (χ1v) is 12.5. The number of para-hydroxylation sites is 1. The Balaban J connectivity index is 1.47. The maximum Gasteiger partial charge on any atom is 0.337 e. The summed E-state index contributed by atoms with van der Waals surface area (Å²) in [5.74, 6) is -0.592. The molecule has 1 amide bonds. The second kappa shape index (κ2) is 10.6. The predicted molar refractivity (Wildman–Crippen MR) is 152 cm³/mol. The average Bonchev–Trinajstić information content (AvgIpc) is 3.24. The molecule has 6 nitrogen and oxygen atoms in total. The lowest BCUT2D eigenvalue weighted by Gasteiger charge is -2.17. The van der Waals surface area contributed by atoms with Gasteiger partial charge in [-0.05, 0) is 53.9 Å². The van der Waals surface area contributed by atoms with Gasteiger partial charge in [-0.1, -0.05) is 72.8 Å². The highest BCUT2D eigenvalue weighted by atomic mass is 16.5. The number of nitrogens with one attached hydrogen (secondary N) is 2. The molecule has 0 saturated carbocycles. The molecular formula is C32H29N3O3. The number of carbonyl (C=O) groups excluding carboxylic acids is 2. The van der Waals surface area contributed by atoms with Crippen molar-refractivity contribution in [2.45, 2.75) is 13.0 Å². The van der Waals surface area contributed by atoms with Crippen LogP contribution in [-0.2, 0) is 11.8 Å². The van der Waals surface area contributed by atoms with Crippen molar-refractivity contribution < 1.29 is 14.3 Å². The Morgan fingerprint density at radius 1 is 0.816 bits per heavy atom. The van der Waals surface area contributed by atoms with Gasteiger partial charge in [0.1, 0.15) is 5.69 Å². The van der Waals surface area contributed by atoms with Gasteiger partial charge in [-0.15, -0.1) is 0 Å². The number of nitrogens with zero attached hydrogens (tertiary/aromatic N) is 1. The molecule has 1 aromatic heterocycles. The van der Waals surface area contributed by atoms with Crippen LogP contribution in [0.1, 0.15) is 39.4 Å². The number of esters is 1. The molecule has 0 aliphatic carbocycles. The number of anilines is 2. The number of hydrogen-bond donors (Lipinski definition) is 2. The Labute approximate surface area is 221 Å². The van der Waals surface area contributed by atoms with Gasteiger partial charge < -0.3 is 19.9 Å². The summed E-state index contributed by atoms with van der Waals surface area (Å²) >= 11 is 0. The summed E-state index contributed by atoms with van der Waals surface area (Å²) in [6, 6.07) is 33.1. The van der Waals surface area contributed by atoms with E-state index in [4.69, 9.17) is 4.74 Å². The number of aromatic nitrogens is 1. The van der Waals surface area contributed by atoms with Crippen LogP contribution in [0.2, 0.25) is 0 Å². The van der Waals surface area contributed by atoms with Gasteiger partial charge in [0.2, 0.25) is 0 Å². The van der Waals surface area contributed by atoms with Crippen LogP contribution in [0, 0.1) is 0 Å². The monoisotopic (exact) mass is 503 g/mol. The van der Waals surface area contributed by atoms with Crippen LogP contribution in [0.3, 0.4) is 0 Å². The van der Waals surface area contributed by atoms with Crippen molar-refractivity contribution in [1.82, 2.24) is 9.88 Å². The largest absolute Gasteiger partial charge is 0.465 e. The number of hydrogen-bond acceptors (Lipinski definition) is 4. The van der Waals surface area contributed by atoms with E-state index < -0.39 is 5.97 Å². The number of fused-ring (bicyclic) bond motifs is 1. The van der Waals surface area contributed by atoms with Crippen molar-refractivity contribution in [3.63, 3.8) is 0 Å². The fourth-order valence-corrected chi connectivity index (χ4v) is 4.71. The maximum absolute atomic E-state index is 13.7. The number of aryl methyl sites for hydroxylation is 1. The molecule has 190 valence electrons. The summed E-state index contributed by atoms with van der Waals surface area (Å²) < 4.78 is 6.69. The highest BCUT2D eigenvalue weighted by Gasteiger charge is 2.23. The Hall–Kier alpha value is -4.84. The molecule has 0 fully saturated rings. The van der Waals surface area contributed by atoms with Crippen molar-refractivity contribution in [3.8, 4) is 11.1 Å².